The van der Waals surface area contributed by atoms with Crippen molar-refractivity contribution in [2.45, 2.75) is 6.92 Å². The van der Waals surface area contributed by atoms with Gasteiger partial charge in [0.2, 0.25) is 0 Å². The predicted octanol–water partition coefficient (Wildman–Crippen LogP) is 2.05. The normalized spacial score (nSPS) is 7.07. The Balaban J connectivity index is 0.000000292. The lowest BCUT2D eigenvalue weighted by molar-refractivity contribution is 0.291. The summed E-state index contributed by atoms with van der Waals surface area (Å²) in [4.78, 5) is 0. The average molecular weight is 190 g/mol. The summed E-state index contributed by atoms with van der Waals surface area (Å²) in [5.41, 5.74) is 0. The minimum Gasteiger partial charge on any atom is -0.428 e. The number of hydrogen-bond acceptors (Lipinski definition) is 4. The first-order valence-corrected chi connectivity index (χ1v) is 3.97. The van der Waals surface area contributed by atoms with Crippen LogP contribution in [0.15, 0.2) is 30.3 Å². The molecule has 0 unspecified atom stereocenters. The second-order valence-corrected chi connectivity index (χ2v) is 2.03. The van der Waals surface area contributed by atoms with E-state index in [1.807, 2.05) is 18.2 Å². The molecule has 14 heavy (non-hydrogen) atoms. The van der Waals surface area contributed by atoms with E-state index in [4.69, 9.17) is 10.5 Å². The van der Waals surface area contributed by atoms with Crippen molar-refractivity contribution in [1.29, 1.82) is 10.5 Å². The van der Waals surface area contributed by atoms with E-state index < -0.39 is 0 Å². The van der Waals surface area contributed by atoms with Crippen molar-refractivity contribution < 1.29 is 9.47 Å². The first-order valence-electron chi connectivity index (χ1n) is 3.97. The van der Waals surface area contributed by atoms with E-state index in [0.717, 1.165) is 0 Å². The number of benzene rings is 1. The Kier molecular flexibility index (Phi) is 7.50. The van der Waals surface area contributed by atoms with Gasteiger partial charge in [-0.3, -0.25) is 0 Å². The summed E-state index contributed by atoms with van der Waals surface area (Å²) in [5.74, 6) is 0.583. The van der Waals surface area contributed by atoms with Crippen molar-refractivity contribution in [1.82, 2.24) is 0 Å². The fraction of sp³-hybridized carbons (Fsp3) is 0.200. The van der Waals surface area contributed by atoms with Crippen molar-refractivity contribution in [3.63, 3.8) is 0 Å². The van der Waals surface area contributed by atoms with Crippen LogP contribution < -0.4 is 4.74 Å². The summed E-state index contributed by atoms with van der Waals surface area (Å²) in [6.45, 7) is 2.25. The third-order valence-corrected chi connectivity index (χ3v) is 1.12. The van der Waals surface area contributed by atoms with Crippen molar-refractivity contribution >= 4 is 0 Å². The zero-order valence-electron chi connectivity index (χ0n) is 7.80. The summed E-state index contributed by atoms with van der Waals surface area (Å²) < 4.78 is 8.65. The number of nitrogens with zero attached hydrogens (tertiary/aromatic N) is 2. The molecule has 4 heteroatoms. The van der Waals surface area contributed by atoms with E-state index >= 15 is 0 Å². The monoisotopic (exact) mass is 190 g/mol. The fourth-order valence-corrected chi connectivity index (χ4v) is 0.606. The Hall–Kier alpha value is -2.20. The number of hydrogen-bond donors (Lipinski definition) is 0. The molecule has 0 fully saturated rings. The highest BCUT2D eigenvalue weighted by Crippen LogP contribution is 2.06. The maximum Gasteiger partial charge on any atom is 0.292 e. The van der Waals surface area contributed by atoms with Crippen molar-refractivity contribution in [2.24, 2.45) is 0 Å². The predicted molar refractivity (Wildman–Crippen MR) is 49.9 cm³/mol. The Morgan fingerprint density at radius 2 is 1.79 bits per heavy atom. The summed E-state index contributed by atoms with van der Waals surface area (Å²) in [7, 11) is 0. The lowest BCUT2D eigenvalue weighted by Crippen LogP contribution is -1.78. The Morgan fingerprint density at radius 3 is 2.14 bits per heavy atom. The molecule has 0 aliphatic heterocycles. The lowest BCUT2D eigenvalue weighted by Gasteiger charge is -1.89. The Morgan fingerprint density at radius 1 is 1.14 bits per heavy atom. The number of rotatable bonds is 2. The number of ether oxygens (including phenoxy) is 2. The van der Waals surface area contributed by atoms with E-state index in [1.54, 1.807) is 25.3 Å². The fourth-order valence-electron chi connectivity index (χ4n) is 0.606. The van der Waals surface area contributed by atoms with Crippen LogP contribution in [-0.2, 0) is 4.74 Å². The molecule has 0 N–H and O–H groups in total. The summed E-state index contributed by atoms with van der Waals surface area (Å²) in [5, 5.41) is 15.6. The highest BCUT2D eigenvalue weighted by atomic mass is 16.5. The van der Waals surface area contributed by atoms with Crippen LogP contribution in [0.5, 0.6) is 5.75 Å². The highest BCUT2D eigenvalue weighted by Gasteiger charge is 1.84. The van der Waals surface area contributed by atoms with Gasteiger partial charge in [-0.1, -0.05) is 18.2 Å². The van der Waals surface area contributed by atoms with Gasteiger partial charge in [0.25, 0.3) is 12.5 Å². The van der Waals surface area contributed by atoms with E-state index in [9.17, 15) is 0 Å². The third kappa shape index (κ3) is 6.51. The number of para-hydroxylation sites is 1. The van der Waals surface area contributed by atoms with Crippen LogP contribution in [0, 0.1) is 23.0 Å². The van der Waals surface area contributed by atoms with E-state index in [2.05, 4.69) is 9.47 Å². The van der Waals surface area contributed by atoms with E-state index in [0.29, 0.717) is 12.4 Å². The van der Waals surface area contributed by atoms with Crippen LogP contribution in [-0.4, -0.2) is 6.61 Å². The van der Waals surface area contributed by atoms with Gasteiger partial charge in [0.05, 0.1) is 6.61 Å². The molecule has 1 aromatic rings. The molecule has 0 bridgehead atoms. The molecular weight excluding hydrogens is 180 g/mol. The van der Waals surface area contributed by atoms with Crippen LogP contribution in [0.3, 0.4) is 0 Å². The molecule has 0 atom stereocenters. The van der Waals surface area contributed by atoms with Gasteiger partial charge < -0.3 is 9.47 Å². The van der Waals surface area contributed by atoms with E-state index in [-0.39, 0.29) is 0 Å². The molecular formula is C10H10N2O2. The summed E-state index contributed by atoms with van der Waals surface area (Å²) >= 11 is 0. The van der Waals surface area contributed by atoms with Crippen LogP contribution in [0.25, 0.3) is 0 Å². The van der Waals surface area contributed by atoms with Crippen LogP contribution in [0.4, 0.5) is 0 Å². The number of nitriles is 2. The van der Waals surface area contributed by atoms with Gasteiger partial charge in [0.15, 0.2) is 0 Å². The van der Waals surface area contributed by atoms with Gasteiger partial charge in [-0.25, -0.2) is 0 Å². The zero-order valence-corrected chi connectivity index (χ0v) is 7.80. The molecule has 4 nitrogen and oxygen atoms in total. The highest BCUT2D eigenvalue weighted by molar-refractivity contribution is 5.21. The summed E-state index contributed by atoms with van der Waals surface area (Å²) in [6.07, 6.45) is 3.10. The minimum atomic E-state index is 0.483. The molecule has 72 valence electrons. The SMILES string of the molecule is CCOC#N.N#COc1ccccc1. The van der Waals surface area contributed by atoms with Crippen LogP contribution in [0.2, 0.25) is 0 Å². The van der Waals surface area contributed by atoms with Gasteiger partial charge in [-0.05, 0) is 19.1 Å². The first kappa shape index (κ1) is 11.8. The van der Waals surface area contributed by atoms with Gasteiger partial charge in [-0.2, -0.15) is 5.26 Å². The molecule has 0 saturated heterocycles. The third-order valence-electron chi connectivity index (χ3n) is 1.12. The van der Waals surface area contributed by atoms with Gasteiger partial charge in [0.1, 0.15) is 5.75 Å². The standard InChI is InChI=1S/C7H5NO.C3H5NO/c8-6-9-7-4-2-1-3-5-7;1-2-5-3-4/h1-5H;2H2,1H3. The summed E-state index contributed by atoms with van der Waals surface area (Å²) in [6, 6.07) is 8.94. The van der Waals surface area contributed by atoms with Crippen LogP contribution >= 0.6 is 0 Å². The molecule has 0 spiro atoms. The zero-order chi connectivity index (χ0) is 10.6. The molecule has 1 aromatic carbocycles. The average Bonchev–Trinajstić information content (AvgIpc) is 2.22. The van der Waals surface area contributed by atoms with Crippen molar-refractivity contribution in [3.05, 3.63) is 30.3 Å². The lowest BCUT2D eigenvalue weighted by atomic mass is 10.3. The van der Waals surface area contributed by atoms with Crippen molar-refractivity contribution in [3.8, 4) is 18.3 Å². The Bertz CT molecular complexity index is 311. The molecule has 0 heterocycles. The molecule has 0 saturated carbocycles. The smallest absolute Gasteiger partial charge is 0.292 e. The molecule has 0 aromatic heterocycles. The Labute approximate surface area is 82.9 Å². The maximum absolute atomic E-state index is 8.05. The molecule has 0 aliphatic rings. The van der Waals surface area contributed by atoms with E-state index in [1.165, 1.54) is 6.26 Å². The second kappa shape index (κ2) is 8.89. The minimum absolute atomic E-state index is 0.483. The first-order chi connectivity index (χ1) is 6.85. The van der Waals surface area contributed by atoms with Crippen molar-refractivity contribution in [2.75, 3.05) is 6.61 Å². The topological polar surface area (TPSA) is 66.0 Å². The van der Waals surface area contributed by atoms with Gasteiger partial charge in [-0.15, -0.1) is 5.26 Å². The molecule has 0 radical (unpaired) electrons. The van der Waals surface area contributed by atoms with Gasteiger partial charge >= 0.3 is 0 Å². The van der Waals surface area contributed by atoms with Crippen LogP contribution in [0.1, 0.15) is 6.92 Å². The quantitative estimate of drug-likeness (QED) is 0.669. The van der Waals surface area contributed by atoms with Gasteiger partial charge in [0, 0.05) is 0 Å². The second-order valence-electron chi connectivity index (χ2n) is 2.03. The molecule has 0 amide bonds. The largest absolute Gasteiger partial charge is 0.428 e. The molecule has 1 rings (SSSR count). The molecule has 0 aliphatic carbocycles. The maximum atomic E-state index is 8.05.